The molecule has 94 valence electrons. The quantitative estimate of drug-likeness (QED) is 0.896. The number of carbonyl (C=O) groups excluding carboxylic acids is 1. The highest BCUT2D eigenvalue weighted by Crippen LogP contribution is 2.19. The summed E-state index contributed by atoms with van der Waals surface area (Å²) >= 11 is 3.44. The Morgan fingerprint density at radius 1 is 1.35 bits per heavy atom. The SMILES string of the molecule is Cc1c(Br)cccc1C(=O)NC(C)CC(C)C. The molecule has 1 unspecified atom stereocenters. The predicted octanol–water partition coefficient (Wildman–Crippen LogP) is 3.92. The van der Waals surface area contributed by atoms with Crippen molar-refractivity contribution in [3.63, 3.8) is 0 Å². The summed E-state index contributed by atoms with van der Waals surface area (Å²) in [5.74, 6) is 0.603. The molecule has 1 atom stereocenters. The van der Waals surface area contributed by atoms with Gasteiger partial charge in [0.25, 0.3) is 5.91 Å². The van der Waals surface area contributed by atoms with Gasteiger partial charge in [-0.2, -0.15) is 0 Å². The molecule has 17 heavy (non-hydrogen) atoms. The van der Waals surface area contributed by atoms with Gasteiger partial charge in [-0.3, -0.25) is 4.79 Å². The number of halogens is 1. The number of benzene rings is 1. The van der Waals surface area contributed by atoms with E-state index in [-0.39, 0.29) is 11.9 Å². The highest BCUT2D eigenvalue weighted by Gasteiger charge is 2.13. The Morgan fingerprint density at radius 2 is 2.00 bits per heavy atom. The van der Waals surface area contributed by atoms with Gasteiger partial charge in [-0.05, 0) is 43.9 Å². The molecule has 0 aliphatic carbocycles. The Morgan fingerprint density at radius 3 is 2.59 bits per heavy atom. The van der Waals surface area contributed by atoms with Gasteiger partial charge in [-0.15, -0.1) is 0 Å². The molecule has 0 saturated carbocycles. The lowest BCUT2D eigenvalue weighted by molar-refractivity contribution is 0.0935. The predicted molar refractivity (Wildman–Crippen MR) is 75.3 cm³/mol. The summed E-state index contributed by atoms with van der Waals surface area (Å²) in [5, 5.41) is 3.04. The summed E-state index contributed by atoms with van der Waals surface area (Å²) in [4.78, 5) is 12.1. The lowest BCUT2D eigenvalue weighted by Crippen LogP contribution is -2.33. The molecule has 3 heteroatoms. The molecule has 1 aromatic carbocycles. The van der Waals surface area contributed by atoms with Crippen molar-refractivity contribution in [2.45, 2.75) is 40.2 Å². The minimum Gasteiger partial charge on any atom is -0.350 e. The number of nitrogens with one attached hydrogen (secondary N) is 1. The fourth-order valence-corrected chi connectivity index (χ4v) is 2.29. The number of rotatable bonds is 4. The minimum absolute atomic E-state index is 0.0111. The fraction of sp³-hybridized carbons (Fsp3) is 0.500. The van der Waals surface area contributed by atoms with Crippen molar-refractivity contribution in [1.82, 2.24) is 5.32 Å². The van der Waals surface area contributed by atoms with Crippen molar-refractivity contribution < 1.29 is 4.79 Å². The molecule has 1 aromatic rings. The van der Waals surface area contributed by atoms with Crippen LogP contribution in [-0.4, -0.2) is 11.9 Å². The Balaban J connectivity index is 2.73. The topological polar surface area (TPSA) is 29.1 Å². The average molecular weight is 298 g/mol. The molecule has 0 fully saturated rings. The number of hydrogen-bond acceptors (Lipinski definition) is 1. The van der Waals surface area contributed by atoms with E-state index >= 15 is 0 Å². The van der Waals surface area contributed by atoms with Crippen LogP contribution in [0.15, 0.2) is 22.7 Å². The third kappa shape index (κ3) is 4.15. The third-order valence-electron chi connectivity index (χ3n) is 2.71. The van der Waals surface area contributed by atoms with Crippen molar-refractivity contribution >= 4 is 21.8 Å². The maximum absolute atomic E-state index is 12.1. The zero-order valence-corrected chi connectivity index (χ0v) is 12.5. The number of hydrogen-bond donors (Lipinski definition) is 1. The van der Waals surface area contributed by atoms with Gasteiger partial charge in [0.05, 0.1) is 0 Å². The molecule has 0 radical (unpaired) electrons. The highest BCUT2D eigenvalue weighted by atomic mass is 79.9. The van der Waals surface area contributed by atoms with Crippen LogP contribution in [0.1, 0.15) is 43.1 Å². The van der Waals surface area contributed by atoms with Crippen LogP contribution >= 0.6 is 15.9 Å². The molecular formula is C14H20BrNO. The van der Waals surface area contributed by atoms with E-state index in [1.165, 1.54) is 0 Å². The molecular weight excluding hydrogens is 278 g/mol. The van der Waals surface area contributed by atoms with Gasteiger partial charge in [-0.25, -0.2) is 0 Å². The lowest BCUT2D eigenvalue weighted by Gasteiger charge is -2.17. The van der Waals surface area contributed by atoms with Crippen LogP contribution in [0.5, 0.6) is 0 Å². The summed E-state index contributed by atoms with van der Waals surface area (Å²) in [6, 6.07) is 5.90. The second-order valence-electron chi connectivity index (χ2n) is 4.92. The van der Waals surface area contributed by atoms with Gasteiger partial charge in [0, 0.05) is 16.1 Å². The average Bonchev–Trinajstić information content (AvgIpc) is 2.20. The maximum atomic E-state index is 12.1. The molecule has 0 aromatic heterocycles. The molecule has 1 amide bonds. The maximum Gasteiger partial charge on any atom is 0.251 e. The summed E-state index contributed by atoms with van der Waals surface area (Å²) < 4.78 is 0.974. The Bertz CT molecular complexity index is 401. The van der Waals surface area contributed by atoms with Gasteiger partial charge in [0.1, 0.15) is 0 Å². The zero-order valence-electron chi connectivity index (χ0n) is 10.9. The Hall–Kier alpha value is -0.830. The molecule has 1 N–H and O–H groups in total. The summed E-state index contributed by atoms with van der Waals surface area (Å²) in [6.45, 7) is 8.32. The van der Waals surface area contributed by atoms with Crippen molar-refractivity contribution in [1.29, 1.82) is 0 Å². The van der Waals surface area contributed by atoms with Crippen LogP contribution in [0.3, 0.4) is 0 Å². The zero-order chi connectivity index (χ0) is 13.0. The van der Waals surface area contributed by atoms with Crippen molar-refractivity contribution in [2.75, 3.05) is 0 Å². The van der Waals surface area contributed by atoms with Crippen LogP contribution in [0.4, 0.5) is 0 Å². The first-order valence-corrected chi connectivity index (χ1v) is 6.77. The van der Waals surface area contributed by atoms with Crippen LogP contribution in [0.2, 0.25) is 0 Å². The normalized spacial score (nSPS) is 12.6. The number of amides is 1. The smallest absolute Gasteiger partial charge is 0.251 e. The van der Waals surface area contributed by atoms with Crippen LogP contribution in [-0.2, 0) is 0 Å². The van der Waals surface area contributed by atoms with Crippen molar-refractivity contribution in [3.8, 4) is 0 Å². The second-order valence-corrected chi connectivity index (χ2v) is 5.77. The van der Waals surface area contributed by atoms with Gasteiger partial charge in [0.2, 0.25) is 0 Å². The molecule has 0 aliphatic rings. The molecule has 0 saturated heterocycles. The Labute approximate surface area is 112 Å². The standard InChI is InChI=1S/C14H20BrNO/c1-9(2)8-10(3)16-14(17)12-6-5-7-13(15)11(12)4/h5-7,9-10H,8H2,1-4H3,(H,16,17). The first kappa shape index (κ1) is 14.2. The van der Waals surface area contributed by atoms with E-state index in [0.29, 0.717) is 5.92 Å². The van der Waals surface area contributed by atoms with E-state index < -0.39 is 0 Å². The van der Waals surface area contributed by atoms with Gasteiger partial charge < -0.3 is 5.32 Å². The van der Waals surface area contributed by atoms with E-state index in [9.17, 15) is 4.79 Å². The van der Waals surface area contributed by atoms with E-state index in [1.54, 1.807) is 0 Å². The first-order chi connectivity index (χ1) is 7.91. The summed E-state index contributed by atoms with van der Waals surface area (Å²) in [7, 11) is 0. The molecule has 1 rings (SSSR count). The van der Waals surface area contributed by atoms with E-state index in [4.69, 9.17) is 0 Å². The third-order valence-corrected chi connectivity index (χ3v) is 3.57. The molecule has 2 nitrogen and oxygen atoms in total. The number of carbonyl (C=O) groups is 1. The van der Waals surface area contributed by atoms with Gasteiger partial charge in [-0.1, -0.05) is 35.8 Å². The molecule has 0 spiro atoms. The fourth-order valence-electron chi connectivity index (χ4n) is 1.92. The first-order valence-electron chi connectivity index (χ1n) is 5.97. The van der Waals surface area contributed by atoms with Crippen molar-refractivity contribution in [2.24, 2.45) is 5.92 Å². The molecule has 0 aliphatic heterocycles. The summed E-state index contributed by atoms with van der Waals surface area (Å²) in [6.07, 6.45) is 0.999. The summed E-state index contributed by atoms with van der Waals surface area (Å²) in [5.41, 5.74) is 1.73. The molecule has 0 heterocycles. The highest BCUT2D eigenvalue weighted by molar-refractivity contribution is 9.10. The van der Waals surface area contributed by atoms with Crippen LogP contribution in [0.25, 0.3) is 0 Å². The second kappa shape index (κ2) is 6.20. The largest absolute Gasteiger partial charge is 0.350 e. The van der Waals surface area contributed by atoms with Crippen molar-refractivity contribution in [3.05, 3.63) is 33.8 Å². The minimum atomic E-state index is 0.0111. The van der Waals surface area contributed by atoms with E-state index in [0.717, 1.165) is 22.0 Å². The van der Waals surface area contributed by atoms with Crippen LogP contribution < -0.4 is 5.32 Å². The van der Waals surface area contributed by atoms with E-state index in [2.05, 4.69) is 35.1 Å². The van der Waals surface area contributed by atoms with Gasteiger partial charge in [0.15, 0.2) is 0 Å². The lowest BCUT2D eigenvalue weighted by atomic mass is 10.0. The molecule has 0 bridgehead atoms. The van der Waals surface area contributed by atoms with E-state index in [1.807, 2.05) is 32.0 Å². The van der Waals surface area contributed by atoms with Crippen LogP contribution in [0, 0.1) is 12.8 Å². The Kier molecular flexibility index (Phi) is 5.19. The monoisotopic (exact) mass is 297 g/mol. The van der Waals surface area contributed by atoms with Gasteiger partial charge >= 0.3 is 0 Å².